The number of nitrogens with two attached hydrogens (primary N) is 1. The normalized spacial score (nSPS) is 28.0. The van der Waals surface area contributed by atoms with Crippen LogP contribution in [0.15, 0.2) is 53.3 Å². The van der Waals surface area contributed by atoms with Crippen LogP contribution in [-0.4, -0.2) is 79.7 Å². The molecule has 3 aliphatic rings. The number of benzene rings is 2. The van der Waals surface area contributed by atoms with Gasteiger partial charge in [0.2, 0.25) is 5.78 Å². The van der Waals surface area contributed by atoms with Gasteiger partial charge in [-0.05, 0) is 55.4 Å². The summed E-state index contributed by atoms with van der Waals surface area (Å²) in [5, 5.41) is 56.1. The van der Waals surface area contributed by atoms with E-state index in [-0.39, 0.29) is 28.7 Å². The molecule has 0 aliphatic heterocycles. The standard InChI is InChI=1S/C28H25F3N2O8/c1-33(2)20-19-21(35)14-9-13-12(10-4-3-5-11(8-10)28(29,30)31)6-7-15(34)16(13)22(36)17(14)24(38)27(19,41)25(39)18(23(20)37)26(32)40/h3-8,14,19-21,34-36,39,41H,9H2,1-2H3,(H2,32,40)/t14-,19-,20+,21+,27+/m1/s1. The molecule has 0 unspecified atom stereocenters. The van der Waals surface area contributed by atoms with E-state index in [0.29, 0.717) is 0 Å². The Morgan fingerprint density at radius 3 is 2.34 bits per heavy atom. The summed E-state index contributed by atoms with van der Waals surface area (Å²) < 4.78 is 40.3. The Hall–Kier alpha value is -4.20. The summed E-state index contributed by atoms with van der Waals surface area (Å²) in [5.74, 6) is -9.66. The Morgan fingerprint density at radius 1 is 1.10 bits per heavy atom. The molecule has 1 amide bonds. The largest absolute Gasteiger partial charge is 0.508 e. The van der Waals surface area contributed by atoms with E-state index in [1.54, 1.807) is 0 Å². The molecule has 0 heterocycles. The van der Waals surface area contributed by atoms with Crippen LogP contribution >= 0.6 is 0 Å². The number of hydrogen-bond donors (Lipinski definition) is 6. The van der Waals surface area contributed by atoms with E-state index in [1.165, 1.54) is 37.2 Å². The lowest BCUT2D eigenvalue weighted by molar-refractivity contribution is -0.168. The second-order valence-electron chi connectivity index (χ2n) is 10.6. The number of amides is 1. The molecule has 1 fully saturated rings. The highest BCUT2D eigenvalue weighted by molar-refractivity contribution is 6.24. The second kappa shape index (κ2) is 9.16. The number of carbonyl (C=O) groups excluding carboxylic acids is 3. The second-order valence-corrected chi connectivity index (χ2v) is 10.6. The molecule has 0 bridgehead atoms. The molecule has 216 valence electrons. The summed E-state index contributed by atoms with van der Waals surface area (Å²) in [6, 6.07) is 5.23. The number of phenols is 1. The smallest absolute Gasteiger partial charge is 0.416 e. The lowest BCUT2D eigenvalue weighted by Gasteiger charge is -2.52. The van der Waals surface area contributed by atoms with Crippen LogP contribution in [0.5, 0.6) is 5.75 Å². The van der Waals surface area contributed by atoms with Crippen LogP contribution in [0.4, 0.5) is 13.2 Å². The molecule has 5 atom stereocenters. The Bertz CT molecular complexity index is 1600. The van der Waals surface area contributed by atoms with Crippen molar-refractivity contribution in [2.24, 2.45) is 17.6 Å². The minimum Gasteiger partial charge on any atom is -0.508 e. The van der Waals surface area contributed by atoms with E-state index in [1.807, 2.05) is 0 Å². The fourth-order valence-electron chi connectivity index (χ4n) is 6.39. The van der Waals surface area contributed by atoms with Gasteiger partial charge in [0, 0.05) is 11.5 Å². The number of alkyl halides is 3. The van der Waals surface area contributed by atoms with Crippen LogP contribution < -0.4 is 5.73 Å². The minimum atomic E-state index is -4.66. The number of aliphatic hydroxyl groups is 4. The number of fused-ring (bicyclic) bond motifs is 3. The van der Waals surface area contributed by atoms with E-state index in [2.05, 4.69) is 0 Å². The first-order valence-electron chi connectivity index (χ1n) is 12.4. The molecular weight excluding hydrogens is 549 g/mol. The van der Waals surface area contributed by atoms with Crippen molar-refractivity contribution in [3.8, 4) is 16.9 Å². The highest BCUT2D eigenvalue weighted by atomic mass is 19.4. The number of Topliss-reactive ketones (excluding diaryl/α,β-unsaturated/α-hetero) is 2. The van der Waals surface area contributed by atoms with Crippen LogP contribution in [0, 0.1) is 11.8 Å². The summed E-state index contributed by atoms with van der Waals surface area (Å²) >= 11 is 0. The van der Waals surface area contributed by atoms with E-state index in [0.717, 1.165) is 18.2 Å². The summed E-state index contributed by atoms with van der Waals surface area (Å²) in [4.78, 5) is 40.4. The Labute approximate surface area is 230 Å². The molecule has 10 nitrogen and oxygen atoms in total. The van der Waals surface area contributed by atoms with Gasteiger partial charge in [-0.15, -0.1) is 0 Å². The van der Waals surface area contributed by atoms with E-state index in [4.69, 9.17) is 5.73 Å². The summed E-state index contributed by atoms with van der Waals surface area (Å²) in [5.41, 5.74) is -0.332. The molecule has 2 aromatic carbocycles. The van der Waals surface area contributed by atoms with Crippen molar-refractivity contribution in [2.75, 3.05) is 14.1 Å². The van der Waals surface area contributed by atoms with Gasteiger partial charge >= 0.3 is 6.18 Å². The monoisotopic (exact) mass is 574 g/mol. The summed E-state index contributed by atoms with van der Waals surface area (Å²) in [6.07, 6.45) is -6.78. The van der Waals surface area contributed by atoms with Crippen molar-refractivity contribution in [3.63, 3.8) is 0 Å². The van der Waals surface area contributed by atoms with Gasteiger partial charge in [0.05, 0.1) is 29.2 Å². The van der Waals surface area contributed by atoms with Gasteiger partial charge < -0.3 is 31.3 Å². The molecule has 1 saturated carbocycles. The van der Waals surface area contributed by atoms with Crippen molar-refractivity contribution in [1.29, 1.82) is 0 Å². The molecule has 7 N–H and O–H groups in total. The quantitative estimate of drug-likeness (QED) is 0.297. The van der Waals surface area contributed by atoms with E-state index in [9.17, 15) is 53.1 Å². The van der Waals surface area contributed by atoms with E-state index < -0.39 is 87.2 Å². The fraction of sp³-hybridized carbons (Fsp3) is 0.321. The average molecular weight is 575 g/mol. The van der Waals surface area contributed by atoms with Crippen LogP contribution in [0.2, 0.25) is 0 Å². The third kappa shape index (κ3) is 3.87. The predicted octanol–water partition coefficient (Wildman–Crippen LogP) is 1.62. The van der Waals surface area contributed by atoms with Crippen LogP contribution in [0.25, 0.3) is 16.9 Å². The number of aromatic hydroxyl groups is 1. The lowest BCUT2D eigenvalue weighted by atomic mass is 9.56. The van der Waals surface area contributed by atoms with Crippen molar-refractivity contribution >= 4 is 23.2 Å². The number of ketones is 2. The zero-order valence-corrected chi connectivity index (χ0v) is 21.6. The molecule has 41 heavy (non-hydrogen) atoms. The van der Waals surface area contributed by atoms with Crippen molar-refractivity contribution < 1.29 is 53.1 Å². The summed E-state index contributed by atoms with van der Waals surface area (Å²) in [6.45, 7) is 0. The highest BCUT2D eigenvalue weighted by Gasteiger charge is 2.67. The number of primary amides is 1. The molecule has 0 spiro atoms. The minimum absolute atomic E-state index is 0.0751. The third-order valence-electron chi connectivity index (χ3n) is 8.19. The SMILES string of the molecule is CN(C)[C@@H]1C(=O)C(C(N)=O)=C(O)[C@@]2(O)C(=O)C3=C(O)c4c(O)ccc(-c5cccc(C(F)(F)F)c5)c4C[C@H]3[C@H](O)[C@@H]12. The fourth-order valence-corrected chi connectivity index (χ4v) is 6.39. The molecule has 0 radical (unpaired) electrons. The summed E-state index contributed by atoms with van der Waals surface area (Å²) in [7, 11) is 2.76. The van der Waals surface area contributed by atoms with Crippen molar-refractivity contribution in [2.45, 2.75) is 30.3 Å². The van der Waals surface area contributed by atoms with E-state index >= 15 is 0 Å². The lowest BCUT2D eigenvalue weighted by Crippen LogP contribution is -2.70. The number of phenolic OH excluding ortho intramolecular Hbond substituents is 1. The number of halogens is 3. The zero-order chi connectivity index (χ0) is 30.3. The Kier molecular flexibility index (Phi) is 6.33. The molecule has 13 heteroatoms. The first kappa shape index (κ1) is 28.3. The van der Waals surface area contributed by atoms with Gasteiger partial charge in [0.25, 0.3) is 5.91 Å². The van der Waals surface area contributed by atoms with Crippen LogP contribution in [0.3, 0.4) is 0 Å². The third-order valence-corrected chi connectivity index (χ3v) is 8.19. The maximum atomic E-state index is 13.9. The van der Waals surface area contributed by atoms with Gasteiger partial charge in [0.1, 0.15) is 22.8 Å². The van der Waals surface area contributed by atoms with Crippen molar-refractivity contribution in [1.82, 2.24) is 4.90 Å². The Morgan fingerprint density at radius 2 is 1.76 bits per heavy atom. The molecule has 2 aromatic rings. The highest BCUT2D eigenvalue weighted by Crippen LogP contribution is 2.53. The van der Waals surface area contributed by atoms with Gasteiger partial charge in [-0.3, -0.25) is 19.3 Å². The number of aliphatic hydroxyl groups excluding tert-OH is 3. The number of carbonyl (C=O) groups is 3. The topological polar surface area (TPSA) is 182 Å². The number of nitrogens with zero attached hydrogens (tertiary/aromatic N) is 1. The van der Waals surface area contributed by atoms with Crippen LogP contribution in [0.1, 0.15) is 16.7 Å². The maximum Gasteiger partial charge on any atom is 0.416 e. The zero-order valence-electron chi connectivity index (χ0n) is 21.6. The molecule has 3 aliphatic carbocycles. The van der Waals surface area contributed by atoms with Gasteiger partial charge in [-0.25, -0.2) is 0 Å². The average Bonchev–Trinajstić information content (AvgIpc) is 2.88. The molecular formula is C28H25F3N2O8. The maximum absolute atomic E-state index is 13.9. The molecule has 5 rings (SSSR count). The van der Waals surface area contributed by atoms with Gasteiger partial charge in [-0.1, -0.05) is 18.2 Å². The number of rotatable bonds is 3. The number of likely N-dealkylation sites (N-methyl/N-ethyl adjacent to an activating group) is 1. The first-order valence-corrected chi connectivity index (χ1v) is 12.4. The molecule has 0 saturated heterocycles. The van der Waals surface area contributed by atoms with Crippen LogP contribution in [-0.2, 0) is 27.0 Å². The number of hydrogen-bond acceptors (Lipinski definition) is 9. The van der Waals surface area contributed by atoms with Gasteiger partial charge in [0.15, 0.2) is 11.4 Å². The predicted molar refractivity (Wildman–Crippen MR) is 136 cm³/mol. The Balaban J connectivity index is 1.77. The van der Waals surface area contributed by atoms with Crippen molar-refractivity contribution in [3.05, 3.63) is 70.0 Å². The van der Waals surface area contributed by atoms with Gasteiger partial charge in [-0.2, -0.15) is 13.2 Å². The first-order chi connectivity index (χ1) is 19.0. The molecule has 0 aromatic heterocycles.